The highest BCUT2D eigenvalue weighted by Gasteiger charge is 2.59. The maximum absolute atomic E-state index is 13.1. The van der Waals surface area contributed by atoms with Gasteiger partial charge in [-0.3, -0.25) is 13.9 Å². The summed E-state index contributed by atoms with van der Waals surface area (Å²) in [5.41, 5.74) is 0.393. The van der Waals surface area contributed by atoms with Gasteiger partial charge in [-0.25, -0.2) is 9.78 Å². The molecule has 0 aromatic carbocycles. The summed E-state index contributed by atoms with van der Waals surface area (Å²) in [6, 6.07) is 0. The lowest BCUT2D eigenvalue weighted by molar-refractivity contribution is -0.0983. The number of imidazole rings is 1. The summed E-state index contributed by atoms with van der Waals surface area (Å²) in [4.78, 5) is 34.4. The Hall–Kier alpha value is -1.89. The molecule has 4 aliphatic carbocycles. The van der Waals surface area contributed by atoms with Gasteiger partial charge in [0.1, 0.15) is 11.3 Å². The van der Waals surface area contributed by atoms with E-state index in [1.165, 1.54) is 11.0 Å². The molecular formula is C22H32N4O3. The van der Waals surface area contributed by atoms with E-state index in [2.05, 4.69) is 4.98 Å². The Bertz CT molecular complexity index is 1050. The number of aromatic amines is 1. The molecule has 2 unspecified atom stereocenters. The first kappa shape index (κ1) is 19.1. The van der Waals surface area contributed by atoms with Gasteiger partial charge in [-0.2, -0.15) is 0 Å². The van der Waals surface area contributed by atoms with E-state index in [9.17, 15) is 14.7 Å². The van der Waals surface area contributed by atoms with Gasteiger partial charge in [0.2, 0.25) is 0 Å². The van der Waals surface area contributed by atoms with E-state index in [0.29, 0.717) is 36.1 Å². The zero-order valence-corrected chi connectivity index (χ0v) is 17.5. The highest BCUT2D eigenvalue weighted by molar-refractivity contribution is 5.70. The van der Waals surface area contributed by atoms with Crippen LogP contribution >= 0.6 is 0 Å². The highest BCUT2D eigenvalue weighted by atomic mass is 16.3. The van der Waals surface area contributed by atoms with Crippen LogP contribution in [0.2, 0.25) is 0 Å². The van der Waals surface area contributed by atoms with E-state index in [0.717, 1.165) is 50.8 Å². The molecule has 2 aromatic rings. The third kappa shape index (κ3) is 2.69. The van der Waals surface area contributed by atoms with Crippen LogP contribution in [0.25, 0.3) is 11.2 Å². The normalized spacial score (nSPS) is 33.1. The molecule has 2 aromatic heterocycles. The first-order chi connectivity index (χ1) is 13.9. The number of fused-ring (bicyclic) bond motifs is 1. The molecule has 6 rings (SSSR count). The Balaban J connectivity index is 1.69. The van der Waals surface area contributed by atoms with E-state index in [1.54, 1.807) is 4.57 Å². The number of nitrogens with zero attached hydrogens (tertiary/aromatic N) is 3. The second-order valence-electron chi connectivity index (χ2n) is 10.1. The molecule has 0 amide bonds. The van der Waals surface area contributed by atoms with Crippen molar-refractivity contribution in [2.45, 2.75) is 83.7 Å². The SMILES string of the molecule is CCCn1c(=O)c2[nH]c(C34CC5CC(CC(CO)(C5)C3)C4)nc2n(CCC)c1=O. The van der Waals surface area contributed by atoms with Crippen LogP contribution in [0.1, 0.15) is 71.0 Å². The maximum atomic E-state index is 13.1. The van der Waals surface area contributed by atoms with Crippen molar-refractivity contribution < 1.29 is 5.11 Å². The predicted molar refractivity (Wildman–Crippen MR) is 111 cm³/mol. The Morgan fingerprint density at radius 1 is 1.07 bits per heavy atom. The zero-order chi connectivity index (χ0) is 20.4. The van der Waals surface area contributed by atoms with E-state index < -0.39 is 0 Å². The van der Waals surface area contributed by atoms with Crippen molar-refractivity contribution in [3.05, 3.63) is 26.7 Å². The lowest BCUT2D eigenvalue weighted by Gasteiger charge is -2.61. The molecule has 158 valence electrons. The number of aryl methyl sites for hydroxylation is 1. The summed E-state index contributed by atoms with van der Waals surface area (Å²) in [7, 11) is 0. The summed E-state index contributed by atoms with van der Waals surface area (Å²) >= 11 is 0. The number of H-pyrrole nitrogens is 1. The molecule has 7 nitrogen and oxygen atoms in total. The van der Waals surface area contributed by atoms with Gasteiger partial charge in [0.25, 0.3) is 5.56 Å². The molecule has 0 saturated heterocycles. The summed E-state index contributed by atoms with van der Waals surface area (Å²) in [5.74, 6) is 2.13. The van der Waals surface area contributed by atoms with Crippen LogP contribution in [-0.2, 0) is 18.5 Å². The highest BCUT2D eigenvalue weighted by Crippen LogP contribution is 2.65. The van der Waals surface area contributed by atoms with Gasteiger partial charge in [0, 0.05) is 25.1 Å². The molecule has 4 saturated carbocycles. The number of aliphatic hydroxyl groups excluding tert-OH is 1. The minimum absolute atomic E-state index is 0.00849. The average Bonchev–Trinajstić information content (AvgIpc) is 3.14. The van der Waals surface area contributed by atoms with Crippen molar-refractivity contribution >= 4 is 11.2 Å². The van der Waals surface area contributed by atoms with Crippen molar-refractivity contribution in [3.63, 3.8) is 0 Å². The number of aliphatic hydroxyl groups is 1. The second-order valence-corrected chi connectivity index (χ2v) is 10.1. The standard InChI is InChI=1S/C22H32N4O3/c1-3-5-25-17-16(18(28)26(6-4-2)20(25)29)23-19(24-17)22-10-14-7-15(11-22)9-21(8-14,12-22)13-27/h14-15,27H,3-13H2,1-2H3,(H,23,24). The van der Waals surface area contributed by atoms with Crippen molar-refractivity contribution in [1.29, 1.82) is 0 Å². The Kier molecular flexibility index (Phi) is 4.32. The number of hydrogen-bond acceptors (Lipinski definition) is 4. The Morgan fingerprint density at radius 3 is 2.34 bits per heavy atom. The molecule has 4 fully saturated rings. The van der Waals surface area contributed by atoms with Crippen molar-refractivity contribution in [3.8, 4) is 0 Å². The summed E-state index contributed by atoms with van der Waals surface area (Å²) < 4.78 is 3.03. The van der Waals surface area contributed by atoms with Crippen LogP contribution in [0.4, 0.5) is 0 Å². The summed E-state index contributed by atoms with van der Waals surface area (Å²) in [5, 5.41) is 10.2. The van der Waals surface area contributed by atoms with Gasteiger partial charge in [-0.15, -0.1) is 0 Å². The first-order valence-corrected chi connectivity index (χ1v) is 11.3. The number of rotatable bonds is 6. The zero-order valence-electron chi connectivity index (χ0n) is 17.5. The fraction of sp³-hybridized carbons (Fsp3) is 0.773. The lowest BCUT2D eigenvalue weighted by Crippen LogP contribution is -2.55. The Morgan fingerprint density at radius 2 is 1.72 bits per heavy atom. The van der Waals surface area contributed by atoms with E-state index in [-0.39, 0.29) is 28.7 Å². The molecule has 29 heavy (non-hydrogen) atoms. The Labute approximate surface area is 170 Å². The topological polar surface area (TPSA) is 92.9 Å². The van der Waals surface area contributed by atoms with Gasteiger partial charge in [-0.05, 0) is 68.6 Å². The van der Waals surface area contributed by atoms with Gasteiger partial charge in [0.05, 0.1) is 0 Å². The summed E-state index contributed by atoms with van der Waals surface area (Å²) in [6.07, 6.45) is 8.12. The smallest absolute Gasteiger partial charge is 0.332 e. The van der Waals surface area contributed by atoms with Crippen molar-refractivity contribution in [2.24, 2.45) is 17.3 Å². The first-order valence-electron chi connectivity index (χ1n) is 11.3. The minimum atomic E-state index is -0.250. The van der Waals surface area contributed by atoms with Gasteiger partial charge in [0.15, 0.2) is 5.65 Å². The molecule has 0 spiro atoms. The molecule has 2 N–H and O–H groups in total. The van der Waals surface area contributed by atoms with Crippen molar-refractivity contribution in [2.75, 3.05) is 6.61 Å². The lowest BCUT2D eigenvalue weighted by atomic mass is 9.44. The van der Waals surface area contributed by atoms with Crippen LogP contribution in [-0.4, -0.2) is 30.8 Å². The van der Waals surface area contributed by atoms with Crippen LogP contribution in [0.3, 0.4) is 0 Å². The number of hydrogen-bond donors (Lipinski definition) is 2. The van der Waals surface area contributed by atoms with Gasteiger partial charge >= 0.3 is 5.69 Å². The van der Waals surface area contributed by atoms with Crippen LogP contribution in [0, 0.1) is 17.3 Å². The molecule has 2 atom stereocenters. The van der Waals surface area contributed by atoms with E-state index >= 15 is 0 Å². The van der Waals surface area contributed by atoms with E-state index in [1.807, 2.05) is 13.8 Å². The molecular weight excluding hydrogens is 368 g/mol. The number of aromatic nitrogens is 4. The average molecular weight is 401 g/mol. The third-order valence-corrected chi connectivity index (χ3v) is 7.78. The minimum Gasteiger partial charge on any atom is -0.396 e. The third-order valence-electron chi connectivity index (χ3n) is 7.78. The molecule has 2 heterocycles. The fourth-order valence-electron chi connectivity index (χ4n) is 7.18. The quantitative estimate of drug-likeness (QED) is 0.779. The maximum Gasteiger partial charge on any atom is 0.332 e. The summed E-state index contributed by atoms with van der Waals surface area (Å²) in [6.45, 7) is 5.23. The monoisotopic (exact) mass is 400 g/mol. The van der Waals surface area contributed by atoms with Crippen LogP contribution in [0.15, 0.2) is 9.59 Å². The molecule has 0 aliphatic heterocycles. The molecule has 0 radical (unpaired) electrons. The molecule has 4 aliphatic rings. The largest absolute Gasteiger partial charge is 0.396 e. The van der Waals surface area contributed by atoms with E-state index in [4.69, 9.17) is 4.98 Å². The predicted octanol–water partition coefficient (Wildman–Crippen LogP) is 2.54. The van der Waals surface area contributed by atoms with Crippen LogP contribution in [0.5, 0.6) is 0 Å². The fourth-order valence-corrected chi connectivity index (χ4v) is 7.18. The van der Waals surface area contributed by atoms with Gasteiger partial charge < -0.3 is 10.1 Å². The molecule has 7 heteroatoms. The van der Waals surface area contributed by atoms with Crippen molar-refractivity contribution in [1.82, 2.24) is 19.1 Å². The van der Waals surface area contributed by atoms with Gasteiger partial charge in [-0.1, -0.05) is 13.8 Å². The molecule has 4 bridgehead atoms. The second kappa shape index (κ2) is 6.56. The number of nitrogens with one attached hydrogen (secondary N) is 1. The van der Waals surface area contributed by atoms with Crippen LogP contribution < -0.4 is 11.2 Å².